The number of alkyl halides is 3. The largest absolute Gasteiger partial charge is 0.493 e. The van der Waals surface area contributed by atoms with Crippen LogP contribution in [0, 0.1) is 0 Å². The van der Waals surface area contributed by atoms with Gasteiger partial charge in [-0.25, -0.2) is 9.50 Å². The molecule has 0 spiro atoms. The van der Waals surface area contributed by atoms with Crippen molar-refractivity contribution >= 4 is 11.6 Å². The summed E-state index contributed by atoms with van der Waals surface area (Å²) in [6, 6.07) is 13.2. The lowest BCUT2D eigenvalue weighted by molar-refractivity contribution is -0.142. The number of amides is 1. The maximum absolute atomic E-state index is 14.0. The normalized spacial score (nSPS) is 15.4. The van der Waals surface area contributed by atoms with Crippen molar-refractivity contribution in [2.45, 2.75) is 31.5 Å². The Morgan fingerprint density at radius 3 is 2.61 bits per heavy atom. The number of carbonyl (C=O) groups is 1. The van der Waals surface area contributed by atoms with Crippen LogP contribution in [-0.4, -0.2) is 34.7 Å². The first-order valence-electron chi connectivity index (χ1n) is 11.4. The van der Waals surface area contributed by atoms with Crippen molar-refractivity contribution in [1.82, 2.24) is 19.9 Å². The Bertz CT molecular complexity index is 1450. The molecule has 0 saturated carbocycles. The number of ether oxygens (including phenoxy) is 2. The van der Waals surface area contributed by atoms with Gasteiger partial charge in [0.05, 0.1) is 32.2 Å². The Labute approximate surface area is 204 Å². The van der Waals surface area contributed by atoms with Crippen molar-refractivity contribution in [3.8, 4) is 22.8 Å². The lowest BCUT2D eigenvalue weighted by Crippen LogP contribution is -2.31. The SMILES string of the molecule is COc1ccc(-c2cc(C(F)(F)F)n3ncc(C(=O)NC4CCCc5ccccc54)c3n2)cc1OC. The summed E-state index contributed by atoms with van der Waals surface area (Å²) < 4.78 is 53.1. The Morgan fingerprint density at radius 1 is 1.08 bits per heavy atom. The first-order chi connectivity index (χ1) is 17.3. The van der Waals surface area contributed by atoms with Gasteiger partial charge in [0, 0.05) is 5.56 Å². The average molecular weight is 496 g/mol. The predicted octanol–water partition coefficient (Wildman–Crippen LogP) is 5.24. The fourth-order valence-electron chi connectivity index (χ4n) is 4.61. The molecule has 2 aromatic carbocycles. The number of nitrogens with zero attached hydrogens (tertiary/aromatic N) is 3. The monoisotopic (exact) mass is 496 g/mol. The molecule has 0 fully saturated rings. The van der Waals surface area contributed by atoms with Gasteiger partial charge in [0.2, 0.25) is 0 Å². The zero-order chi connectivity index (χ0) is 25.4. The Balaban J connectivity index is 1.58. The van der Waals surface area contributed by atoms with Crippen LogP contribution in [0.5, 0.6) is 11.5 Å². The molecule has 0 bridgehead atoms. The fraction of sp³-hybridized carbons (Fsp3) is 0.269. The summed E-state index contributed by atoms with van der Waals surface area (Å²) in [5.41, 5.74) is 1.30. The molecule has 36 heavy (non-hydrogen) atoms. The first-order valence-corrected chi connectivity index (χ1v) is 11.4. The molecular weight excluding hydrogens is 473 g/mol. The molecule has 1 unspecified atom stereocenters. The second-order valence-electron chi connectivity index (χ2n) is 8.50. The number of nitrogens with one attached hydrogen (secondary N) is 1. The van der Waals surface area contributed by atoms with E-state index in [1.54, 1.807) is 12.1 Å². The van der Waals surface area contributed by atoms with Crippen LogP contribution < -0.4 is 14.8 Å². The Hall–Kier alpha value is -4.08. The second kappa shape index (κ2) is 9.18. The zero-order valence-corrected chi connectivity index (χ0v) is 19.6. The molecule has 0 radical (unpaired) electrons. The van der Waals surface area contributed by atoms with E-state index in [2.05, 4.69) is 15.4 Å². The number of halogens is 3. The second-order valence-corrected chi connectivity index (χ2v) is 8.50. The van der Waals surface area contributed by atoms with E-state index in [-0.39, 0.29) is 22.9 Å². The zero-order valence-electron chi connectivity index (χ0n) is 19.6. The third kappa shape index (κ3) is 4.23. The van der Waals surface area contributed by atoms with E-state index in [9.17, 15) is 18.0 Å². The van der Waals surface area contributed by atoms with Gasteiger partial charge in [-0.2, -0.15) is 18.3 Å². The summed E-state index contributed by atoms with van der Waals surface area (Å²) in [4.78, 5) is 17.7. The number of aromatic nitrogens is 3. The van der Waals surface area contributed by atoms with Gasteiger partial charge in [-0.1, -0.05) is 24.3 Å². The molecule has 10 heteroatoms. The van der Waals surface area contributed by atoms with E-state index in [1.165, 1.54) is 20.3 Å². The van der Waals surface area contributed by atoms with Crippen molar-refractivity contribution in [3.05, 3.63) is 77.1 Å². The summed E-state index contributed by atoms with van der Waals surface area (Å²) >= 11 is 0. The van der Waals surface area contributed by atoms with Crippen molar-refractivity contribution < 1.29 is 27.4 Å². The number of rotatable bonds is 5. The minimum atomic E-state index is -4.73. The number of aryl methyl sites for hydroxylation is 1. The van der Waals surface area contributed by atoms with Crippen LogP contribution in [0.1, 0.15) is 46.1 Å². The van der Waals surface area contributed by atoms with E-state index in [4.69, 9.17) is 9.47 Å². The highest BCUT2D eigenvalue weighted by Crippen LogP contribution is 2.36. The highest BCUT2D eigenvalue weighted by molar-refractivity contribution is 6.00. The lowest BCUT2D eigenvalue weighted by Gasteiger charge is -2.26. The van der Waals surface area contributed by atoms with E-state index in [0.717, 1.165) is 42.7 Å². The van der Waals surface area contributed by atoms with Crippen molar-refractivity contribution in [2.75, 3.05) is 14.2 Å². The summed E-state index contributed by atoms with van der Waals surface area (Å²) in [6.07, 6.45) is -1.05. The molecular formula is C26H23F3N4O3. The van der Waals surface area contributed by atoms with Crippen LogP contribution in [0.4, 0.5) is 13.2 Å². The molecule has 0 saturated heterocycles. The smallest absolute Gasteiger partial charge is 0.433 e. The average Bonchev–Trinajstić information content (AvgIpc) is 3.31. The maximum atomic E-state index is 14.0. The van der Waals surface area contributed by atoms with Gasteiger partial charge in [-0.3, -0.25) is 4.79 Å². The van der Waals surface area contributed by atoms with Crippen LogP contribution >= 0.6 is 0 Å². The molecule has 1 N–H and O–H groups in total. The van der Waals surface area contributed by atoms with Crippen LogP contribution in [0.15, 0.2) is 54.7 Å². The van der Waals surface area contributed by atoms with Crippen molar-refractivity contribution in [3.63, 3.8) is 0 Å². The lowest BCUT2D eigenvalue weighted by atomic mass is 9.87. The van der Waals surface area contributed by atoms with Gasteiger partial charge >= 0.3 is 6.18 Å². The predicted molar refractivity (Wildman–Crippen MR) is 126 cm³/mol. The number of hydrogen-bond donors (Lipinski definition) is 1. The van der Waals surface area contributed by atoms with E-state index < -0.39 is 17.8 Å². The van der Waals surface area contributed by atoms with Gasteiger partial charge in [0.1, 0.15) is 5.56 Å². The quantitative estimate of drug-likeness (QED) is 0.409. The molecule has 5 rings (SSSR count). The molecule has 2 heterocycles. The minimum Gasteiger partial charge on any atom is -0.493 e. The fourth-order valence-corrected chi connectivity index (χ4v) is 4.61. The molecule has 1 aliphatic carbocycles. The minimum absolute atomic E-state index is 0.0216. The summed E-state index contributed by atoms with van der Waals surface area (Å²) in [6.45, 7) is 0. The number of carbonyl (C=O) groups excluding carboxylic acids is 1. The molecule has 186 valence electrons. The maximum Gasteiger partial charge on any atom is 0.433 e. The van der Waals surface area contributed by atoms with Gasteiger partial charge in [0.25, 0.3) is 5.91 Å². The van der Waals surface area contributed by atoms with Crippen LogP contribution in [0.25, 0.3) is 16.9 Å². The number of hydrogen-bond acceptors (Lipinski definition) is 5. The van der Waals surface area contributed by atoms with Gasteiger partial charge in [-0.15, -0.1) is 0 Å². The third-order valence-corrected chi connectivity index (χ3v) is 6.36. The van der Waals surface area contributed by atoms with Gasteiger partial charge < -0.3 is 14.8 Å². The summed E-state index contributed by atoms with van der Waals surface area (Å²) in [7, 11) is 2.90. The standard InChI is InChI=1S/C26H23F3N4O3/c1-35-21-11-10-16(12-22(21)36-2)20-13-23(26(27,28)29)33-24(31-20)18(14-30-33)25(34)32-19-9-5-7-15-6-3-4-8-17(15)19/h3-4,6,8,10-14,19H,5,7,9H2,1-2H3,(H,32,34). The van der Waals surface area contributed by atoms with Crippen LogP contribution in [-0.2, 0) is 12.6 Å². The Kier molecular flexibility index (Phi) is 6.03. The molecule has 2 aromatic heterocycles. The van der Waals surface area contributed by atoms with Gasteiger partial charge in [-0.05, 0) is 54.7 Å². The highest BCUT2D eigenvalue weighted by atomic mass is 19.4. The summed E-state index contributed by atoms with van der Waals surface area (Å²) in [5.74, 6) is 0.236. The number of benzene rings is 2. The molecule has 4 aromatic rings. The first kappa shape index (κ1) is 23.7. The number of fused-ring (bicyclic) bond motifs is 2. The molecule has 1 atom stereocenters. The molecule has 1 aliphatic rings. The van der Waals surface area contributed by atoms with Gasteiger partial charge in [0.15, 0.2) is 22.8 Å². The highest BCUT2D eigenvalue weighted by Gasteiger charge is 2.36. The van der Waals surface area contributed by atoms with E-state index >= 15 is 0 Å². The molecule has 1 amide bonds. The van der Waals surface area contributed by atoms with E-state index in [1.807, 2.05) is 24.3 Å². The summed E-state index contributed by atoms with van der Waals surface area (Å²) in [5, 5.41) is 6.84. The third-order valence-electron chi connectivity index (χ3n) is 6.36. The van der Waals surface area contributed by atoms with E-state index in [0.29, 0.717) is 21.6 Å². The van der Waals surface area contributed by atoms with Crippen molar-refractivity contribution in [1.29, 1.82) is 0 Å². The topological polar surface area (TPSA) is 77.8 Å². The number of methoxy groups -OCH3 is 2. The Morgan fingerprint density at radius 2 is 1.86 bits per heavy atom. The molecule has 0 aliphatic heterocycles. The molecule has 7 nitrogen and oxygen atoms in total. The van der Waals surface area contributed by atoms with Crippen LogP contribution in [0.3, 0.4) is 0 Å². The van der Waals surface area contributed by atoms with Crippen LogP contribution in [0.2, 0.25) is 0 Å². The van der Waals surface area contributed by atoms with Crippen molar-refractivity contribution in [2.24, 2.45) is 0 Å².